The number of halogens is 2. The van der Waals surface area contributed by atoms with Gasteiger partial charge >= 0.3 is 0 Å². The van der Waals surface area contributed by atoms with E-state index in [1.165, 1.54) is 35.7 Å². The van der Waals surface area contributed by atoms with E-state index in [9.17, 15) is 0 Å². The minimum Gasteiger partial charge on any atom is -0.339 e. The van der Waals surface area contributed by atoms with Crippen molar-refractivity contribution < 1.29 is 0 Å². The van der Waals surface area contributed by atoms with Crippen molar-refractivity contribution in [1.29, 1.82) is 0 Å². The zero-order chi connectivity index (χ0) is 15.0. The van der Waals surface area contributed by atoms with Gasteiger partial charge in [-0.05, 0) is 77.3 Å². The van der Waals surface area contributed by atoms with Crippen molar-refractivity contribution in [3.05, 3.63) is 39.2 Å². The van der Waals surface area contributed by atoms with E-state index in [-0.39, 0.29) is 13.2 Å². The second kappa shape index (κ2) is 6.20. The molecule has 0 aliphatic heterocycles. The van der Waals surface area contributed by atoms with E-state index < -0.39 is 0 Å². The largest absolute Gasteiger partial charge is 0.339 e. The van der Waals surface area contributed by atoms with Gasteiger partial charge in [-0.2, -0.15) is 4.98 Å². The molecule has 0 spiro atoms. The molecule has 0 bridgehead atoms. The molecule has 0 saturated carbocycles. The predicted molar refractivity (Wildman–Crippen MR) is 94.9 cm³/mol. The van der Waals surface area contributed by atoms with Crippen LogP contribution in [0.5, 0.6) is 0 Å². The van der Waals surface area contributed by atoms with E-state index in [0.717, 1.165) is 10.2 Å². The second-order valence-electron chi connectivity index (χ2n) is 5.31. The van der Waals surface area contributed by atoms with Crippen LogP contribution in [0, 0.1) is 0 Å². The van der Waals surface area contributed by atoms with Gasteiger partial charge in [0, 0.05) is 17.2 Å². The molecule has 0 unspecified atom stereocenters. The van der Waals surface area contributed by atoms with Crippen LogP contribution in [-0.2, 0) is 12.8 Å². The first-order chi connectivity index (χ1) is 10.1. The number of hydrogen-bond acceptors (Lipinski definition) is 3. The topological polar surface area (TPSA) is 37.8 Å². The van der Waals surface area contributed by atoms with E-state index in [1.807, 2.05) is 0 Å². The molecule has 0 fully saturated rings. The maximum Gasteiger partial charge on any atom is 0.224 e. The van der Waals surface area contributed by atoms with Gasteiger partial charge in [0.2, 0.25) is 5.28 Å². The number of aromatic nitrogens is 2. The lowest BCUT2D eigenvalue weighted by molar-refractivity contribution is 0.913. The fraction of sp³-hybridized carbons (Fsp3) is 0.333. The quantitative estimate of drug-likeness (QED) is 0.626. The molecular formula is C15H16BrClN3P. The van der Waals surface area contributed by atoms with Gasteiger partial charge in [-0.3, -0.25) is 0 Å². The van der Waals surface area contributed by atoms with Crippen LogP contribution in [0.2, 0.25) is 5.28 Å². The Morgan fingerprint density at radius 3 is 2.86 bits per heavy atom. The number of hydrogen-bond donors (Lipinski definition) is 1. The molecule has 21 heavy (non-hydrogen) atoms. The fourth-order valence-corrected chi connectivity index (χ4v) is 4.65. The highest BCUT2D eigenvalue weighted by Crippen LogP contribution is 2.37. The summed E-state index contributed by atoms with van der Waals surface area (Å²) >= 11 is 9.37. The average molecular weight is 385 g/mol. The Bertz CT molecular complexity index is 691. The first kappa shape index (κ1) is 15.2. The van der Waals surface area contributed by atoms with Crippen molar-refractivity contribution in [2.45, 2.75) is 19.3 Å². The monoisotopic (exact) mass is 383 g/mol. The highest BCUT2D eigenvalue weighted by atomic mass is 79.9. The first-order valence-electron chi connectivity index (χ1n) is 6.83. The lowest BCUT2D eigenvalue weighted by Crippen LogP contribution is -2.14. The van der Waals surface area contributed by atoms with Gasteiger partial charge < -0.3 is 5.32 Å². The molecule has 6 heteroatoms. The highest BCUT2D eigenvalue weighted by molar-refractivity contribution is 9.10. The maximum atomic E-state index is 5.90. The summed E-state index contributed by atoms with van der Waals surface area (Å²) in [5, 5.41) is 5.14. The molecule has 1 N–H and O–H groups in total. The van der Waals surface area contributed by atoms with Crippen LogP contribution < -0.4 is 10.6 Å². The average Bonchev–Trinajstić information content (AvgIpc) is 2.90. The lowest BCUT2D eigenvalue weighted by Gasteiger charge is -2.19. The Morgan fingerprint density at radius 1 is 1.29 bits per heavy atom. The van der Waals surface area contributed by atoms with Gasteiger partial charge in [-0.25, -0.2) is 4.98 Å². The third-order valence-corrected chi connectivity index (χ3v) is 5.84. The number of aryl methyl sites for hydroxylation is 1. The van der Waals surface area contributed by atoms with E-state index >= 15 is 0 Å². The Kier molecular flexibility index (Phi) is 4.49. The van der Waals surface area contributed by atoms with Gasteiger partial charge in [0.1, 0.15) is 5.82 Å². The molecule has 1 aromatic carbocycles. The van der Waals surface area contributed by atoms with Crippen LogP contribution in [0.25, 0.3) is 0 Å². The van der Waals surface area contributed by atoms with Crippen LogP contribution >= 0.6 is 35.5 Å². The summed E-state index contributed by atoms with van der Waals surface area (Å²) in [5.41, 5.74) is 4.18. The SMILES string of the molecule is CP(C)c1c(Nc2nc(Cl)ncc2Br)ccc2c1CCC2. The summed E-state index contributed by atoms with van der Waals surface area (Å²) in [6.45, 7) is 4.60. The number of rotatable bonds is 3. The third kappa shape index (κ3) is 3.08. The second-order valence-corrected chi connectivity index (χ2v) is 8.74. The molecular weight excluding hydrogens is 369 g/mol. The van der Waals surface area contributed by atoms with E-state index in [4.69, 9.17) is 11.6 Å². The minimum atomic E-state index is -0.187. The molecule has 0 atom stereocenters. The van der Waals surface area contributed by atoms with Crippen LogP contribution in [-0.4, -0.2) is 23.3 Å². The van der Waals surface area contributed by atoms with Gasteiger partial charge in [0.25, 0.3) is 0 Å². The van der Waals surface area contributed by atoms with Gasteiger partial charge in [-0.15, -0.1) is 0 Å². The standard InChI is InChI=1S/C15H16BrClN3P/c1-21(2)13-10-5-3-4-9(10)6-7-12(13)19-14-11(16)8-18-15(17)20-14/h6-8H,3-5H2,1-2H3,(H,18,19,20). The summed E-state index contributed by atoms with van der Waals surface area (Å²) in [7, 11) is -0.187. The molecule has 1 heterocycles. The normalized spacial score (nSPS) is 13.6. The molecule has 3 nitrogen and oxygen atoms in total. The minimum absolute atomic E-state index is 0.187. The van der Waals surface area contributed by atoms with Crippen LogP contribution in [0.3, 0.4) is 0 Å². The smallest absolute Gasteiger partial charge is 0.224 e. The molecule has 0 radical (unpaired) electrons. The molecule has 1 aliphatic carbocycles. The van der Waals surface area contributed by atoms with Gasteiger partial charge in [-0.1, -0.05) is 14.0 Å². The predicted octanol–water partition coefficient (Wildman–Crippen LogP) is 4.49. The number of nitrogens with zero attached hydrogens (tertiary/aromatic N) is 2. The summed E-state index contributed by atoms with van der Waals surface area (Å²) in [4.78, 5) is 8.23. The summed E-state index contributed by atoms with van der Waals surface area (Å²) in [6.07, 6.45) is 5.32. The van der Waals surface area contributed by atoms with Crippen LogP contribution in [0.4, 0.5) is 11.5 Å². The van der Waals surface area contributed by atoms with Crippen molar-refractivity contribution in [3.63, 3.8) is 0 Å². The lowest BCUT2D eigenvalue weighted by atomic mass is 10.1. The molecule has 1 aromatic heterocycles. The van der Waals surface area contributed by atoms with Crippen molar-refractivity contribution >= 4 is 52.3 Å². The Balaban J connectivity index is 2.05. The summed E-state index contributed by atoms with van der Waals surface area (Å²) in [5.74, 6) is 0.714. The van der Waals surface area contributed by atoms with E-state index in [2.05, 4.69) is 56.7 Å². The van der Waals surface area contributed by atoms with Crippen LogP contribution in [0.1, 0.15) is 17.5 Å². The molecule has 1 aliphatic rings. The number of fused-ring (bicyclic) bond motifs is 1. The van der Waals surface area contributed by atoms with Crippen molar-refractivity contribution in [3.8, 4) is 0 Å². The zero-order valence-electron chi connectivity index (χ0n) is 12.0. The zero-order valence-corrected chi connectivity index (χ0v) is 15.2. The molecule has 2 aromatic rings. The molecule has 0 saturated heterocycles. The Labute approximate surface area is 139 Å². The van der Waals surface area contributed by atoms with Gasteiger partial charge in [0.05, 0.1) is 4.47 Å². The highest BCUT2D eigenvalue weighted by Gasteiger charge is 2.20. The molecule has 110 valence electrons. The Hall–Kier alpha value is -0.700. The summed E-state index contributed by atoms with van der Waals surface area (Å²) < 4.78 is 0.815. The van der Waals surface area contributed by atoms with E-state index in [1.54, 1.807) is 6.20 Å². The number of benzene rings is 1. The molecule has 3 rings (SSSR count). The van der Waals surface area contributed by atoms with Crippen LogP contribution in [0.15, 0.2) is 22.8 Å². The van der Waals surface area contributed by atoms with E-state index in [0.29, 0.717) is 5.82 Å². The number of anilines is 2. The van der Waals surface area contributed by atoms with Crippen molar-refractivity contribution in [2.75, 3.05) is 18.6 Å². The summed E-state index contributed by atoms with van der Waals surface area (Å²) in [6, 6.07) is 4.41. The maximum absolute atomic E-state index is 5.90. The Morgan fingerprint density at radius 2 is 2.10 bits per heavy atom. The number of nitrogens with one attached hydrogen (secondary N) is 1. The fourth-order valence-electron chi connectivity index (χ4n) is 2.82. The third-order valence-electron chi connectivity index (χ3n) is 3.67. The first-order valence-corrected chi connectivity index (χ1v) is 10.2. The molecule has 0 amide bonds. The van der Waals surface area contributed by atoms with Crippen molar-refractivity contribution in [2.24, 2.45) is 0 Å². The van der Waals surface area contributed by atoms with Crippen molar-refractivity contribution in [1.82, 2.24) is 9.97 Å². The van der Waals surface area contributed by atoms with Gasteiger partial charge in [0.15, 0.2) is 0 Å².